The Morgan fingerprint density at radius 2 is 2.03 bits per heavy atom. The molecule has 0 saturated heterocycles. The molecular weight excluding hydrogens is 453 g/mol. The van der Waals surface area contributed by atoms with E-state index in [4.69, 9.17) is 11.6 Å². The lowest BCUT2D eigenvalue weighted by molar-refractivity contribution is -0.137. The minimum absolute atomic E-state index is 0. The Labute approximate surface area is 176 Å². The molecule has 0 aliphatic rings. The molecule has 160 valence electrons. The van der Waals surface area contributed by atoms with Gasteiger partial charge in [-0.05, 0) is 30.7 Å². The van der Waals surface area contributed by atoms with Gasteiger partial charge in [0.25, 0.3) is 0 Å². The normalized spacial score (nSPS) is 12.1. The van der Waals surface area contributed by atoms with Crippen LogP contribution in [0.15, 0.2) is 40.4 Å². The molecule has 12 heteroatoms. The number of nitrogens with zero attached hydrogens (tertiary/aromatic N) is 1. The Morgan fingerprint density at radius 3 is 2.62 bits per heavy atom. The number of carbonyl (C=O) groups is 1. The van der Waals surface area contributed by atoms with E-state index in [0.717, 1.165) is 17.8 Å². The van der Waals surface area contributed by atoms with E-state index in [-0.39, 0.29) is 34.2 Å². The number of esters is 1. The number of ether oxygens (including phenoxy) is 1. The number of hydrogen-bond donors (Lipinski definition) is 1. The van der Waals surface area contributed by atoms with E-state index in [1.165, 1.54) is 25.3 Å². The van der Waals surface area contributed by atoms with Gasteiger partial charge >= 0.3 is 12.1 Å². The number of rotatable bonds is 7. The number of methoxy groups -OCH3 is 1. The third kappa shape index (κ3) is 6.08. The third-order valence-electron chi connectivity index (χ3n) is 3.69. The molecule has 0 fully saturated rings. The lowest BCUT2D eigenvalue weighted by atomic mass is 10.1. The summed E-state index contributed by atoms with van der Waals surface area (Å²) >= 11 is 6.81. The molecule has 0 saturated carbocycles. The van der Waals surface area contributed by atoms with E-state index in [9.17, 15) is 26.4 Å². The molecule has 0 aliphatic heterocycles. The maximum atomic E-state index is 12.6. The molecule has 2 rings (SSSR count). The van der Waals surface area contributed by atoms with Crippen LogP contribution < -0.4 is 4.72 Å². The van der Waals surface area contributed by atoms with Gasteiger partial charge in [0, 0.05) is 19.9 Å². The predicted molar refractivity (Wildman–Crippen MR) is 105 cm³/mol. The molecule has 0 bridgehead atoms. The van der Waals surface area contributed by atoms with Crippen molar-refractivity contribution in [3.63, 3.8) is 0 Å². The van der Waals surface area contributed by atoms with Gasteiger partial charge in [-0.25, -0.2) is 22.9 Å². The standard InChI is InChI=1S/C17H16ClF3N2O4S2.H2/c1-10-3-4-12(8-13(10)16(24)27-2)29(25,26)23-5-6-28-15-14(18)7-11(9-22-15)17(19,20)21;/h3-4,7-9,23H,5-6H2,1-2H3;1H. The summed E-state index contributed by atoms with van der Waals surface area (Å²) in [5, 5.41) is -0.0175. The van der Waals surface area contributed by atoms with E-state index in [2.05, 4.69) is 14.4 Å². The maximum Gasteiger partial charge on any atom is 0.417 e. The van der Waals surface area contributed by atoms with Crippen LogP contribution in [-0.4, -0.2) is 38.8 Å². The lowest BCUT2D eigenvalue weighted by Crippen LogP contribution is -2.26. The molecule has 1 aromatic carbocycles. The molecule has 0 amide bonds. The van der Waals surface area contributed by atoms with Crippen molar-refractivity contribution < 1.29 is 32.5 Å². The van der Waals surface area contributed by atoms with Crippen molar-refractivity contribution in [1.82, 2.24) is 9.71 Å². The Kier molecular flexibility index (Phi) is 7.55. The highest BCUT2D eigenvalue weighted by molar-refractivity contribution is 7.99. The minimum Gasteiger partial charge on any atom is -0.465 e. The Morgan fingerprint density at radius 1 is 1.34 bits per heavy atom. The number of carbonyl (C=O) groups excluding carboxylic acids is 1. The number of halogens is 4. The SMILES string of the molecule is COC(=O)c1cc(S(=O)(=O)NCCSc2ncc(C(F)(F)F)cc2Cl)ccc1C.[HH]. The third-order valence-corrected chi connectivity index (χ3v) is 6.56. The van der Waals surface area contributed by atoms with Crippen molar-refractivity contribution in [1.29, 1.82) is 0 Å². The van der Waals surface area contributed by atoms with Crippen molar-refractivity contribution in [3.8, 4) is 0 Å². The number of hydrogen-bond acceptors (Lipinski definition) is 6. The van der Waals surface area contributed by atoms with Gasteiger partial charge in [0.1, 0.15) is 5.03 Å². The van der Waals surface area contributed by atoms with Gasteiger partial charge in [-0.2, -0.15) is 13.2 Å². The molecule has 2 aromatic rings. The number of pyridine rings is 1. The average Bonchev–Trinajstić information content (AvgIpc) is 2.65. The van der Waals surface area contributed by atoms with E-state index < -0.39 is 27.7 Å². The highest BCUT2D eigenvalue weighted by Crippen LogP contribution is 2.33. The molecule has 29 heavy (non-hydrogen) atoms. The molecule has 0 spiro atoms. The zero-order valence-electron chi connectivity index (χ0n) is 15.2. The zero-order chi connectivity index (χ0) is 21.8. The molecule has 1 aromatic heterocycles. The maximum absolute atomic E-state index is 12.6. The second-order valence-corrected chi connectivity index (χ2v) is 8.98. The largest absolute Gasteiger partial charge is 0.465 e. The van der Waals surface area contributed by atoms with E-state index in [1.54, 1.807) is 6.92 Å². The van der Waals surface area contributed by atoms with Crippen LogP contribution in [0.25, 0.3) is 0 Å². The number of nitrogens with one attached hydrogen (secondary N) is 1. The second-order valence-electron chi connectivity index (χ2n) is 5.72. The topological polar surface area (TPSA) is 85.4 Å². The average molecular weight is 471 g/mol. The van der Waals surface area contributed by atoms with E-state index in [1.807, 2.05) is 0 Å². The molecule has 0 atom stereocenters. The highest BCUT2D eigenvalue weighted by atomic mass is 35.5. The summed E-state index contributed by atoms with van der Waals surface area (Å²) in [7, 11) is -2.71. The van der Waals surface area contributed by atoms with Crippen molar-refractivity contribution in [3.05, 3.63) is 52.2 Å². The van der Waals surface area contributed by atoms with Crippen molar-refractivity contribution >= 4 is 39.4 Å². The number of alkyl halides is 3. The van der Waals surface area contributed by atoms with Crippen LogP contribution in [0, 0.1) is 6.92 Å². The Balaban J connectivity index is 0.00000450. The molecule has 1 N–H and O–H groups in total. The van der Waals surface area contributed by atoms with Crippen LogP contribution in [0.4, 0.5) is 13.2 Å². The summed E-state index contributed by atoms with van der Waals surface area (Å²) in [6.45, 7) is 1.61. The molecule has 0 unspecified atom stereocenters. The quantitative estimate of drug-likeness (QED) is 0.371. The molecule has 0 aliphatic carbocycles. The first-order valence-corrected chi connectivity index (χ1v) is 10.8. The molecule has 6 nitrogen and oxygen atoms in total. The first-order valence-electron chi connectivity index (χ1n) is 8.00. The molecular formula is C17H18ClF3N2O4S2. The first kappa shape index (κ1) is 23.5. The van der Waals surface area contributed by atoms with Gasteiger partial charge in [-0.3, -0.25) is 0 Å². The fourth-order valence-corrected chi connectivity index (χ4v) is 4.43. The summed E-state index contributed by atoms with van der Waals surface area (Å²) in [5.41, 5.74) is -0.270. The number of benzene rings is 1. The molecule has 0 radical (unpaired) electrons. The monoisotopic (exact) mass is 470 g/mol. The number of thioether (sulfide) groups is 1. The van der Waals surface area contributed by atoms with E-state index >= 15 is 0 Å². The van der Waals surface area contributed by atoms with Gasteiger partial charge in [0.05, 0.1) is 28.2 Å². The number of aromatic nitrogens is 1. The first-order chi connectivity index (χ1) is 13.5. The highest BCUT2D eigenvalue weighted by Gasteiger charge is 2.31. The van der Waals surface area contributed by atoms with Crippen LogP contribution >= 0.6 is 23.4 Å². The summed E-state index contributed by atoms with van der Waals surface area (Å²) in [5.74, 6) is -0.481. The smallest absolute Gasteiger partial charge is 0.417 e. The summed E-state index contributed by atoms with van der Waals surface area (Å²) in [4.78, 5) is 15.3. The van der Waals surface area contributed by atoms with Crippen LogP contribution in [0.5, 0.6) is 0 Å². The number of aryl methyl sites for hydroxylation is 1. The lowest BCUT2D eigenvalue weighted by Gasteiger charge is -2.10. The van der Waals surface area contributed by atoms with Gasteiger partial charge < -0.3 is 4.74 Å². The van der Waals surface area contributed by atoms with Gasteiger partial charge in [0.15, 0.2) is 0 Å². The molecule has 1 heterocycles. The van der Waals surface area contributed by atoms with Gasteiger partial charge in [0.2, 0.25) is 10.0 Å². The van der Waals surface area contributed by atoms with Crippen molar-refractivity contribution in [2.24, 2.45) is 0 Å². The second kappa shape index (κ2) is 9.33. The minimum atomic E-state index is -4.55. The van der Waals surface area contributed by atoms with Crippen LogP contribution in [0.2, 0.25) is 5.02 Å². The van der Waals surface area contributed by atoms with Crippen molar-refractivity contribution in [2.45, 2.75) is 23.0 Å². The Hall–Kier alpha value is -1.82. The van der Waals surface area contributed by atoms with Crippen molar-refractivity contribution in [2.75, 3.05) is 19.4 Å². The summed E-state index contributed by atoms with van der Waals surface area (Å²) in [6.07, 6.45) is -3.88. The van der Waals surface area contributed by atoms with E-state index in [0.29, 0.717) is 11.8 Å². The Bertz CT molecular complexity index is 1020. The summed E-state index contributed by atoms with van der Waals surface area (Å²) < 4.78 is 69.6. The van der Waals surface area contributed by atoms with Crippen LogP contribution in [0.1, 0.15) is 22.9 Å². The van der Waals surface area contributed by atoms with Crippen LogP contribution in [0.3, 0.4) is 0 Å². The fraction of sp³-hybridized carbons (Fsp3) is 0.294. The number of sulfonamides is 1. The summed E-state index contributed by atoms with van der Waals surface area (Å²) in [6, 6.07) is 4.82. The predicted octanol–water partition coefficient (Wildman–Crippen LogP) is 4.17. The van der Waals surface area contributed by atoms with Crippen LogP contribution in [-0.2, 0) is 20.9 Å². The zero-order valence-corrected chi connectivity index (χ0v) is 17.6. The fourth-order valence-electron chi connectivity index (χ4n) is 2.19. The van der Waals surface area contributed by atoms with Gasteiger partial charge in [-0.15, -0.1) is 11.8 Å². The van der Waals surface area contributed by atoms with Gasteiger partial charge in [-0.1, -0.05) is 17.7 Å².